The van der Waals surface area contributed by atoms with E-state index in [1.807, 2.05) is 17.0 Å². The lowest BCUT2D eigenvalue weighted by atomic mass is 10.2. The highest BCUT2D eigenvalue weighted by atomic mass is 35.5. The first-order chi connectivity index (χ1) is 24.5. The molecule has 1 saturated heterocycles. The van der Waals surface area contributed by atoms with Gasteiger partial charge >= 0.3 is 0 Å². The van der Waals surface area contributed by atoms with Crippen molar-refractivity contribution in [3.05, 3.63) is 65.9 Å². The SMILES string of the molecule is COC1CN1CCCNC(=O)c1nc(NC(=O)c2nc(NC(=O)c3nc(NC(=O)c4ccc(N(CCCl)CCCl)cc4)cn3C)cn2C)cn1C. The number of amides is 4. The number of rotatable bonds is 17. The summed E-state index contributed by atoms with van der Waals surface area (Å²) in [5.74, 6) is -0.559. The Bertz CT molecular complexity index is 1870. The molecule has 1 aliphatic heterocycles. The average Bonchev–Trinajstić information content (AvgIpc) is 3.39. The molecule has 4 amide bonds. The van der Waals surface area contributed by atoms with Crippen molar-refractivity contribution < 1.29 is 23.9 Å². The van der Waals surface area contributed by atoms with Crippen LogP contribution < -0.4 is 26.2 Å². The first-order valence-electron chi connectivity index (χ1n) is 16.1. The lowest BCUT2D eigenvalue weighted by Gasteiger charge is -2.22. The predicted octanol–water partition coefficient (Wildman–Crippen LogP) is 2.34. The van der Waals surface area contributed by atoms with Gasteiger partial charge in [0.15, 0.2) is 17.5 Å². The Hall–Kier alpha value is -4.97. The number of hydrogen-bond donors (Lipinski definition) is 4. The van der Waals surface area contributed by atoms with Crippen LogP contribution in [0.25, 0.3) is 0 Å². The second-order valence-electron chi connectivity index (χ2n) is 11.8. The summed E-state index contributed by atoms with van der Waals surface area (Å²) in [4.78, 5) is 68.7. The third kappa shape index (κ3) is 9.43. The second kappa shape index (κ2) is 16.8. The highest BCUT2D eigenvalue weighted by Crippen LogP contribution is 2.19. The summed E-state index contributed by atoms with van der Waals surface area (Å²) < 4.78 is 9.64. The number of nitrogens with zero attached hydrogens (tertiary/aromatic N) is 8. The first-order valence-corrected chi connectivity index (χ1v) is 17.1. The van der Waals surface area contributed by atoms with E-state index >= 15 is 0 Å². The minimum absolute atomic E-state index is 0.00129. The Morgan fingerprint density at radius 3 is 1.69 bits per heavy atom. The minimum atomic E-state index is -0.612. The average molecular weight is 744 g/mol. The zero-order valence-corrected chi connectivity index (χ0v) is 30.2. The number of ether oxygens (including phenoxy) is 1. The summed E-state index contributed by atoms with van der Waals surface area (Å²) >= 11 is 11.8. The van der Waals surface area contributed by atoms with E-state index in [1.54, 1.807) is 40.4 Å². The third-order valence-electron chi connectivity index (χ3n) is 8.01. The van der Waals surface area contributed by atoms with Gasteiger partial charge in [-0.2, -0.15) is 0 Å². The van der Waals surface area contributed by atoms with Crippen molar-refractivity contribution in [2.75, 3.05) is 72.4 Å². The number of hydrogen-bond acceptors (Lipinski definition) is 10. The van der Waals surface area contributed by atoms with Crippen molar-refractivity contribution in [3.63, 3.8) is 0 Å². The summed E-state index contributed by atoms with van der Waals surface area (Å²) in [7, 11) is 6.52. The molecule has 19 heteroatoms. The standard InChI is InChI=1S/C32H40Cl2N12O5/c1-42-17-23(36-26(42)30(48)35-12-5-13-46-19-25(46)51-4)40-32(50)28-38-24(18-44(28)3)41-31(49)27-37-22(16-43(27)2)39-29(47)20-6-8-21(9-7-20)45(14-10-33)15-11-34/h6-9,16-18,25H,5,10-15,19H2,1-4H3,(H,35,48)(H,39,47)(H,40,50)(H,41,49). The van der Waals surface area contributed by atoms with Crippen molar-refractivity contribution >= 4 is 70.0 Å². The van der Waals surface area contributed by atoms with Crippen LogP contribution in [-0.2, 0) is 25.9 Å². The maximum atomic E-state index is 13.1. The smallest absolute Gasteiger partial charge is 0.292 e. The van der Waals surface area contributed by atoms with Gasteiger partial charge in [0, 0.05) is 103 Å². The maximum Gasteiger partial charge on any atom is 0.292 e. The zero-order chi connectivity index (χ0) is 36.7. The number of halogens is 2. The van der Waals surface area contributed by atoms with Crippen LogP contribution in [0, 0.1) is 0 Å². The molecular weight excluding hydrogens is 703 g/mol. The van der Waals surface area contributed by atoms with Gasteiger partial charge in [-0.15, -0.1) is 23.2 Å². The molecule has 1 aliphatic rings. The van der Waals surface area contributed by atoms with E-state index in [2.05, 4.69) is 41.1 Å². The molecule has 2 unspecified atom stereocenters. The Balaban J connectivity index is 1.14. The van der Waals surface area contributed by atoms with Crippen LogP contribution in [0.15, 0.2) is 42.9 Å². The van der Waals surface area contributed by atoms with Gasteiger partial charge in [0.25, 0.3) is 23.6 Å². The van der Waals surface area contributed by atoms with E-state index in [0.717, 1.165) is 25.2 Å². The number of nitrogens with one attached hydrogen (secondary N) is 4. The quantitative estimate of drug-likeness (QED) is 0.0711. The van der Waals surface area contributed by atoms with E-state index in [4.69, 9.17) is 27.9 Å². The molecule has 17 nitrogen and oxygen atoms in total. The molecule has 0 radical (unpaired) electrons. The number of anilines is 4. The molecule has 2 atom stereocenters. The topological polar surface area (TPSA) is 185 Å². The van der Waals surface area contributed by atoms with Crippen molar-refractivity contribution in [1.82, 2.24) is 38.9 Å². The van der Waals surface area contributed by atoms with E-state index < -0.39 is 17.7 Å². The predicted molar refractivity (Wildman–Crippen MR) is 193 cm³/mol. The van der Waals surface area contributed by atoms with Crippen LogP contribution in [0.3, 0.4) is 0 Å². The number of carbonyl (C=O) groups is 4. The van der Waals surface area contributed by atoms with Gasteiger partial charge in [0.1, 0.15) is 6.23 Å². The largest absolute Gasteiger partial charge is 0.369 e. The molecule has 4 N–H and O–H groups in total. The molecule has 1 aromatic carbocycles. The highest BCUT2D eigenvalue weighted by molar-refractivity contribution is 6.18. The normalized spacial score (nSPS) is 14.9. The van der Waals surface area contributed by atoms with Crippen LogP contribution in [0.1, 0.15) is 48.6 Å². The molecule has 5 rings (SSSR count). The van der Waals surface area contributed by atoms with Gasteiger partial charge in [-0.1, -0.05) is 0 Å². The van der Waals surface area contributed by atoms with Gasteiger partial charge in [0.2, 0.25) is 17.5 Å². The first kappa shape index (κ1) is 37.3. The highest BCUT2D eigenvalue weighted by Gasteiger charge is 2.32. The third-order valence-corrected chi connectivity index (χ3v) is 8.35. The maximum absolute atomic E-state index is 13.1. The number of aromatic nitrogens is 6. The molecule has 0 bridgehead atoms. The van der Waals surface area contributed by atoms with Crippen molar-refractivity contribution in [3.8, 4) is 0 Å². The number of aryl methyl sites for hydroxylation is 3. The monoisotopic (exact) mass is 742 g/mol. The second-order valence-corrected chi connectivity index (χ2v) is 12.5. The molecule has 272 valence electrons. The van der Waals surface area contributed by atoms with Gasteiger partial charge in [-0.3, -0.25) is 24.1 Å². The molecule has 3 aromatic heterocycles. The number of benzene rings is 1. The molecule has 4 heterocycles. The number of imidazole rings is 3. The molecule has 4 aromatic rings. The van der Waals surface area contributed by atoms with Crippen LogP contribution in [-0.4, -0.2) is 115 Å². The number of carbonyl (C=O) groups excluding carboxylic acids is 4. The minimum Gasteiger partial charge on any atom is -0.369 e. The zero-order valence-electron chi connectivity index (χ0n) is 28.7. The molecule has 1 fully saturated rings. The lowest BCUT2D eigenvalue weighted by molar-refractivity contribution is 0.0935. The van der Waals surface area contributed by atoms with Crippen molar-refractivity contribution in [2.45, 2.75) is 12.6 Å². The van der Waals surface area contributed by atoms with Gasteiger partial charge in [-0.05, 0) is 30.7 Å². The number of alkyl halides is 2. The molecular formula is C32H40Cl2N12O5. The van der Waals surface area contributed by atoms with E-state index in [1.165, 1.54) is 32.3 Å². The summed E-state index contributed by atoms with van der Waals surface area (Å²) in [5.41, 5.74) is 1.29. The fourth-order valence-corrected chi connectivity index (χ4v) is 5.73. The van der Waals surface area contributed by atoms with Crippen LogP contribution in [0.5, 0.6) is 0 Å². The summed E-state index contributed by atoms with van der Waals surface area (Å²) in [6, 6.07) is 6.99. The van der Waals surface area contributed by atoms with E-state index in [9.17, 15) is 19.2 Å². The van der Waals surface area contributed by atoms with Crippen LogP contribution >= 0.6 is 23.2 Å². The Morgan fingerprint density at radius 1 is 0.765 bits per heavy atom. The van der Waals surface area contributed by atoms with Crippen LogP contribution in [0.4, 0.5) is 23.1 Å². The van der Waals surface area contributed by atoms with Crippen molar-refractivity contribution in [2.24, 2.45) is 21.1 Å². The summed E-state index contributed by atoms with van der Waals surface area (Å²) in [5, 5.41) is 10.8. The molecule has 51 heavy (non-hydrogen) atoms. The van der Waals surface area contributed by atoms with Gasteiger partial charge in [-0.25, -0.2) is 15.0 Å². The van der Waals surface area contributed by atoms with Crippen LogP contribution in [0.2, 0.25) is 0 Å². The fraction of sp³-hybridized carbons (Fsp3) is 0.406. The molecule has 0 aliphatic carbocycles. The molecule has 0 spiro atoms. The van der Waals surface area contributed by atoms with E-state index in [-0.39, 0.29) is 47.1 Å². The van der Waals surface area contributed by atoms with Crippen molar-refractivity contribution in [1.29, 1.82) is 0 Å². The van der Waals surface area contributed by atoms with Gasteiger partial charge in [0.05, 0.1) is 0 Å². The van der Waals surface area contributed by atoms with E-state index in [0.29, 0.717) is 37.0 Å². The summed E-state index contributed by atoms with van der Waals surface area (Å²) in [6.45, 7) is 3.42. The Morgan fingerprint density at radius 2 is 1.24 bits per heavy atom. The Kier molecular flexibility index (Phi) is 12.3. The summed E-state index contributed by atoms with van der Waals surface area (Å²) in [6.07, 6.45) is 5.42. The lowest BCUT2D eigenvalue weighted by Crippen LogP contribution is -2.28. The van der Waals surface area contributed by atoms with Gasteiger partial charge < -0.3 is 44.6 Å². The molecule has 0 saturated carbocycles. The number of methoxy groups -OCH3 is 1. The fourth-order valence-electron chi connectivity index (χ4n) is 5.32. The Labute approximate surface area is 304 Å².